The van der Waals surface area contributed by atoms with Gasteiger partial charge in [-0.05, 0) is 36.8 Å². The van der Waals surface area contributed by atoms with Crippen molar-refractivity contribution in [1.29, 1.82) is 0 Å². The predicted octanol–water partition coefficient (Wildman–Crippen LogP) is 4.95. The lowest BCUT2D eigenvalue weighted by Crippen LogP contribution is -2.05. The first-order valence-electron chi connectivity index (χ1n) is 8.18. The van der Waals surface area contributed by atoms with Crippen LogP contribution < -0.4 is 14.8 Å². The third-order valence-electron chi connectivity index (χ3n) is 3.67. The molecule has 142 valence electrons. The van der Waals surface area contributed by atoms with Gasteiger partial charge in [0.25, 0.3) is 0 Å². The second-order valence-electron chi connectivity index (χ2n) is 5.54. The molecule has 0 spiro atoms. The number of aromatic amines is 1. The molecule has 0 saturated carbocycles. The van der Waals surface area contributed by atoms with E-state index in [9.17, 15) is 4.39 Å². The molecule has 6 nitrogen and oxygen atoms in total. The van der Waals surface area contributed by atoms with Crippen LogP contribution in [0.2, 0.25) is 5.02 Å². The highest BCUT2D eigenvalue weighted by Crippen LogP contribution is 2.35. The average molecular weight is 456 g/mol. The van der Waals surface area contributed by atoms with E-state index in [2.05, 4.69) is 36.4 Å². The molecular formula is C18H17BrClFN4O2. The molecule has 0 fully saturated rings. The molecule has 1 heterocycles. The number of anilines is 1. The van der Waals surface area contributed by atoms with Crippen LogP contribution in [0.3, 0.4) is 0 Å². The van der Waals surface area contributed by atoms with E-state index in [0.717, 1.165) is 10.0 Å². The van der Waals surface area contributed by atoms with Crippen molar-refractivity contribution in [3.05, 3.63) is 63.1 Å². The average Bonchev–Trinajstić information content (AvgIpc) is 3.15. The quantitative estimate of drug-likeness (QED) is 0.503. The third-order valence-corrected chi connectivity index (χ3v) is 4.76. The van der Waals surface area contributed by atoms with E-state index >= 15 is 0 Å². The Hall–Kier alpha value is -2.32. The minimum Gasteiger partial charge on any atom is -0.490 e. The molecular weight excluding hydrogens is 439 g/mol. The zero-order valence-electron chi connectivity index (χ0n) is 14.4. The molecule has 2 N–H and O–H groups in total. The van der Waals surface area contributed by atoms with Crippen LogP contribution in [0.1, 0.15) is 18.1 Å². The third kappa shape index (κ3) is 5.11. The Bertz CT molecular complexity index is 909. The van der Waals surface area contributed by atoms with Crippen molar-refractivity contribution in [1.82, 2.24) is 15.2 Å². The van der Waals surface area contributed by atoms with Crippen LogP contribution in [0, 0.1) is 5.82 Å². The van der Waals surface area contributed by atoms with Gasteiger partial charge < -0.3 is 14.8 Å². The summed E-state index contributed by atoms with van der Waals surface area (Å²) < 4.78 is 25.6. The molecule has 0 unspecified atom stereocenters. The topological polar surface area (TPSA) is 72.1 Å². The van der Waals surface area contributed by atoms with E-state index in [1.807, 2.05) is 19.1 Å². The van der Waals surface area contributed by atoms with E-state index in [0.29, 0.717) is 41.2 Å². The highest BCUT2D eigenvalue weighted by molar-refractivity contribution is 9.10. The van der Waals surface area contributed by atoms with Crippen molar-refractivity contribution in [2.45, 2.75) is 20.1 Å². The smallest absolute Gasteiger partial charge is 0.218 e. The van der Waals surface area contributed by atoms with Crippen LogP contribution in [0.25, 0.3) is 0 Å². The molecule has 0 bridgehead atoms. The van der Waals surface area contributed by atoms with Crippen LogP contribution in [0.15, 0.2) is 41.1 Å². The van der Waals surface area contributed by atoms with Crippen LogP contribution in [0.5, 0.6) is 11.5 Å². The van der Waals surface area contributed by atoms with Crippen molar-refractivity contribution >= 4 is 33.5 Å². The SMILES string of the molecule is CCOc1cc(CNc2ncn[nH]2)c(Br)cc1OCc1ccc(F)cc1Cl. The first-order chi connectivity index (χ1) is 13.1. The van der Waals surface area contributed by atoms with Gasteiger partial charge >= 0.3 is 0 Å². The van der Waals surface area contributed by atoms with Gasteiger partial charge in [-0.3, -0.25) is 0 Å². The predicted molar refractivity (Wildman–Crippen MR) is 105 cm³/mol. The maximum Gasteiger partial charge on any atom is 0.218 e. The van der Waals surface area contributed by atoms with Gasteiger partial charge in [-0.2, -0.15) is 5.10 Å². The summed E-state index contributed by atoms with van der Waals surface area (Å²) in [5, 5.41) is 9.99. The van der Waals surface area contributed by atoms with Gasteiger partial charge in [0, 0.05) is 16.6 Å². The minimum absolute atomic E-state index is 0.196. The Morgan fingerprint density at radius 1 is 1.19 bits per heavy atom. The number of nitrogens with one attached hydrogen (secondary N) is 2. The second-order valence-corrected chi connectivity index (χ2v) is 6.80. The van der Waals surface area contributed by atoms with E-state index in [-0.39, 0.29) is 12.4 Å². The standard InChI is InChI=1S/C18H17BrClFN4O2/c1-2-26-16-5-12(8-22-18-23-10-24-25-18)14(19)7-17(16)27-9-11-3-4-13(21)6-15(11)20/h3-7,10H,2,8-9H2,1H3,(H2,22,23,24,25). The first-order valence-corrected chi connectivity index (χ1v) is 9.35. The molecule has 3 rings (SSSR count). The van der Waals surface area contributed by atoms with E-state index in [1.165, 1.54) is 18.5 Å². The Morgan fingerprint density at radius 2 is 2.00 bits per heavy atom. The maximum atomic E-state index is 13.2. The highest BCUT2D eigenvalue weighted by Gasteiger charge is 2.13. The Labute approximate surface area is 169 Å². The summed E-state index contributed by atoms with van der Waals surface area (Å²) >= 11 is 9.61. The summed E-state index contributed by atoms with van der Waals surface area (Å²) in [6, 6.07) is 7.93. The first kappa shape index (κ1) is 19.4. The zero-order valence-corrected chi connectivity index (χ0v) is 16.8. The zero-order chi connectivity index (χ0) is 19.2. The lowest BCUT2D eigenvalue weighted by Gasteiger charge is -2.16. The fourth-order valence-electron chi connectivity index (χ4n) is 2.36. The summed E-state index contributed by atoms with van der Waals surface area (Å²) in [7, 11) is 0. The molecule has 0 aliphatic heterocycles. The van der Waals surface area contributed by atoms with Gasteiger partial charge in [-0.25, -0.2) is 14.5 Å². The number of benzene rings is 2. The summed E-state index contributed by atoms with van der Waals surface area (Å²) in [6.07, 6.45) is 1.43. The molecule has 2 aromatic carbocycles. The van der Waals surface area contributed by atoms with Crippen LogP contribution >= 0.6 is 27.5 Å². The van der Waals surface area contributed by atoms with Crippen LogP contribution in [0.4, 0.5) is 10.3 Å². The Morgan fingerprint density at radius 3 is 2.70 bits per heavy atom. The Kier molecular flexibility index (Phi) is 6.52. The summed E-state index contributed by atoms with van der Waals surface area (Å²) in [4.78, 5) is 4.03. The molecule has 9 heteroatoms. The summed E-state index contributed by atoms with van der Waals surface area (Å²) in [5.74, 6) is 1.36. The fourth-order valence-corrected chi connectivity index (χ4v) is 3.04. The van der Waals surface area contributed by atoms with E-state index in [1.54, 1.807) is 6.07 Å². The normalized spacial score (nSPS) is 10.7. The summed E-state index contributed by atoms with van der Waals surface area (Å²) in [6.45, 7) is 3.10. The lowest BCUT2D eigenvalue weighted by atomic mass is 10.2. The van der Waals surface area contributed by atoms with Crippen molar-refractivity contribution in [3.63, 3.8) is 0 Å². The fraction of sp³-hybridized carbons (Fsp3) is 0.222. The number of hydrogen-bond acceptors (Lipinski definition) is 5. The van der Waals surface area contributed by atoms with Gasteiger partial charge in [0.05, 0.1) is 11.6 Å². The number of ether oxygens (including phenoxy) is 2. The van der Waals surface area contributed by atoms with Gasteiger partial charge in [0.15, 0.2) is 11.5 Å². The monoisotopic (exact) mass is 454 g/mol. The van der Waals surface area contributed by atoms with Gasteiger partial charge in [0.1, 0.15) is 18.8 Å². The number of rotatable bonds is 8. The van der Waals surface area contributed by atoms with Crippen molar-refractivity contribution in [2.24, 2.45) is 0 Å². The van der Waals surface area contributed by atoms with Crippen molar-refractivity contribution < 1.29 is 13.9 Å². The largest absolute Gasteiger partial charge is 0.490 e. The van der Waals surface area contributed by atoms with Crippen LogP contribution in [-0.2, 0) is 13.2 Å². The van der Waals surface area contributed by atoms with Crippen molar-refractivity contribution in [3.8, 4) is 11.5 Å². The molecule has 0 saturated heterocycles. The highest BCUT2D eigenvalue weighted by atomic mass is 79.9. The number of aromatic nitrogens is 3. The Balaban J connectivity index is 1.76. The second kappa shape index (κ2) is 9.05. The minimum atomic E-state index is -0.384. The molecule has 27 heavy (non-hydrogen) atoms. The lowest BCUT2D eigenvalue weighted by molar-refractivity contribution is 0.269. The maximum absolute atomic E-state index is 13.2. The molecule has 0 aliphatic carbocycles. The molecule has 0 radical (unpaired) electrons. The van der Waals surface area contributed by atoms with E-state index < -0.39 is 0 Å². The van der Waals surface area contributed by atoms with Crippen LogP contribution in [-0.4, -0.2) is 21.8 Å². The molecule has 0 amide bonds. The van der Waals surface area contributed by atoms with E-state index in [4.69, 9.17) is 21.1 Å². The number of H-pyrrole nitrogens is 1. The number of nitrogens with zero attached hydrogens (tertiary/aromatic N) is 2. The molecule has 0 aliphatic rings. The van der Waals surface area contributed by atoms with Gasteiger partial charge in [0.2, 0.25) is 5.95 Å². The molecule has 0 atom stereocenters. The van der Waals surface area contributed by atoms with Gasteiger partial charge in [-0.1, -0.05) is 33.6 Å². The molecule has 1 aromatic heterocycles. The summed E-state index contributed by atoms with van der Waals surface area (Å²) in [5.41, 5.74) is 1.65. The number of hydrogen-bond donors (Lipinski definition) is 2. The van der Waals surface area contributed by atoms with Gasteiger partial charge in [-0.15, -0.1) is 0 Å². The molecule has 3 aromatic rings. The van der Waals surface area contributed by atoms with Crippen molar-refractivity contribution in [2.75, 3.05) is 11.9 Å². The number of halogens is 3.